The number of anilines is 1. The summed E-state index contributed by atoms with van der Waals surface area (Å²) >= 11 is 7.09. The highest BCUT2D eigenvalue weighted by molar-refractivity contribution is 8.13. The quantitative estimate of drug-likeness (QED) is 0.932. The fourth-order valence-corrected chi connectivity index (χ4v) is 2.91. The lowest BCUT2D eigenvalue weighted by Gasteiger charge is -2.17. The molecule has 1 aliphatic rings. The predicted octanol–water partition coefficient (Wildman–Crippen LogP) is 2.68. The van der Waals surface area contributed by atoms with E-state index < -0.39 is 0 Å². The van der Waals surface area contributed by atoms with Crippen LogP contribution in [0.2, 0.25) is 5.02 Å². The topological polar surface area (TPSA) is 57.6 Å². The number of carbonyl (C=O) groups excluding carboxylic acids is 2. The SMILES string of the molecule is CC(=O)SCC1CC(=O)N(c2ccc(O)c(Cl)c2)C1. The molecule has 2 rings (SSSR count). The molecule has 1 atom stereocenters. The Kier molecular flexibility index (Phi) is 4.37. The van der Waals surface area contributed by atoms with E-state index in [2.05, 4.69) is 0 Å². The average Bonchev–Trinajstić information content (AvgIpc) is 2.72. The van der Waals surface area contributed by atoms with E-state index in [0.717, 1.165) is 0 Å². The van der Waals surface area contributed by atoms with Gasteiger partial charge in [0.25, 0.3) is 0 Å². The first-order chi connectivity index (χ1) is 8.97. The van der Waals surface area contributed by atoms with Crippen LogP contribution in [0.5, 0.6) is 5.75 Å². The number of phenolic OH excluding ortho intramolecular Hbond substituents is 1. The van der Waals surface area contributed by atoms with Crippen LogP contribution in [0.4, 0.5) is 5.69 Å². The zero-order valence-electron chi connectivity index (χ0n) is 10.4. The van der Waals surface area contributed by atoms with Gasteiger partial charge in [0.2, 0.25) is 5.91 Å². The Morgan fingerprint density at radius 3 is 2.95 bits per heavy atom. The third-order valence-corrected chi connectivity index (χ3v) is 4.32. The lowest BCUT2D eigenvalue weighted by molar-refractivity contribution is -0.117. The molecule has 0 spiro atoms. The molecule has 1 aliphatic heterocycles. The van der Waals surface area contributed by atoms with Crippen molar-refractivity contribution in [2.75, 3.05) is 17.2 Å². The van der Waals surface area contributed by atoms with Crippen LogP contribution in [-0.2, 0) is 9.59 Å². The van der Waals surface area contributed by atoms with E-state index in [1.165, 1.54) is 24.8 Å². The summed E-state index contributed by atoms with van der Waals surface area (Å²) in [5.41, 5.74) is 0.683. The van der Waals surface area contributed by atoms with Crippen molar-refractivity contribution >= 4 is 40.1 Å². The summed E-state index contributed by atoms with van der Waals surface area (Å²) in [5, 5.41) is 9.67. The van der Waals surface area contributed by atoms with Crippen molar-refractivity contribution in [3.05, 3.63) is 23.2 Å². The number of hydrogen-bond acceptors (Lipinski definition) is 4. The van der Waals surface area contributed by atoms with Gasteiger partial charge in [-0.2, -0.15) is 0 Å². The molecule has 1 aromatic carbocycles. The summed E-state index contributed by atoms with van der Waals surface area (Å²) in [4.78, 5) is 24.5. The van der Waals surface area contributed by atoms with Crippen molar-refractivity contribution in [2.45, 2.75) is 13.3 Å². The summed E-state index contributed by atoms with van der Waals surface area (Å²) in [7, 11) is 0. The Hall–Kier alpha value is -1.20. The van der Waals surface area contributed by atoms with Gasteiger partial charge < -0.3 is 10.0 Å². The van der Waals surface area contributed by atoms with E-state index in [-0.39, 0.29) is 27.7 Å². The number of rotatable bonds is 3. The predicted molar refractivity (Wildman–Crippen MR) is 76.7 cm³/mol. The highest BCUT2D eigenvalue weighted by Crippen LogP contribution is 2.32. The van der Waals surface area contributed by atoms with Gasteiger partial charge in [0.05, 0.1) is 5.02 Å². The van der Waals surface area contributed by atoms with Crippen molar-refractivity contribution < 1.29 is 14.7 Å². The van der Waals surface area contributed by atoms with Crippen LogP contribution in [0.15, 0.2) is 18.2 Å². The molecular formula is C13H14ClNO3S. The number of amides is 1. The van der Waals surface area contributed by atoms with Crippen molar-refractivity contribution in [3.63, 3.8) is 0 Å². The second kappa shape index (κ2) is 5.84. The smallest absolute Gasteiger partial charge is 0.227 e. The Bertz CT molecular complexity index is 521. The molecule has 1 heterocycles. The zero-order valence-corrected chi connectivity index (χ0v) is 12.0. The Morgan fingerprint density at radius 1 is 1.58 bits per heavy atom. The van der Waals surface area contributed by atoms with Crippen molar-refractivity contribution in [3.8, 4) is 5.75 Å². The molecular weight excluding hydrogens is 286 g/mol. The molecule has 19 heavy (non-hydrogen) atoms. The summed E-state index contributed by atoms with van der Waals surface area (Å²) < 4.78 is 0. The summed E-state index contributed by atoms with van der Waals surface area (Å²) in [6.07, 6.45) is 0.443. The van der Waals surface area contributed by atoms with Crippen LogP contribution in [0.1, 0.15) is 13.3 Å². The molecule has 1 N–H and O–H groups in total. The molecule has 0 aromatic heterocycles. The number of hydrogen-bond donors (Lipinski definition) is 1. The van der Waals surface area contributed by atoms with Gasteiger partial charge >= 0.3 is 0 Å². The van der Waals surface area contributed by atoms with Crippen LogP contribution >= 0.6 is 23.4 Å². The monoisotopic (exact) mass is 299 g/mol. The van der Waals surface area contributed by atoms with Gasteiger partial charge in [0.1, 0.15) is 5.75 Å². The Balaban J connectivity index is 2.07. The Labute approximate surface area is 120 Å². The summed E-state index contributed by atoms with van der Waals surface area (Å²) in [5.74, 6) is 0.856. The second-order valence-corrected chi connectivity index (χ2v) is 6.12. The molecule has 0 bridgehead atoms. The first-order valence-corrected chi connectivity index (χ1v) is 7.26. The summed E-state index contributed by atoms with van der Waals surface area (Å²) in [6.45, 7) is 2.11. The number of halogens is 1. The van der Waals surface area contributed by atoms with Gasteiger partial charge in [-0.3, -0.25) is 9.59 Å². The number of benzene rings is 1. The largest absolute Gasteiger partial charge is 0.506 e. The molecule has 1 aromatic rings. The molecule has 6 heteroatoms. The third-order valence-electron chi connectivity index (χ3n) is 2.97. The van der Waals surface area contributed by atoms with E-state index in [1.54, 1.807) is 17.0 Å². The Morgan fingerprint density at radius 2 is 2.32 bits per heavy atom. The number of aromatic hydroxyl groups is 1. The minimum atomic E-state index is 0.000692. The van der Waals surface area contributed by atoms with E-state index in [4.69, 9.17) is 11.6 Å². The van der Waals surface area contributed by atoms with E-state index in [0.29, 0.717) is 24.4 Å². The van der Waals surface area contributed by atoms with Gasteiger partial charge in [-0.05, 0) is 24.1 Å². The van der Waals surface area contributed by atoms with Gasteiger partial charge in [0, 0.05) is 31.3 Å². The van der Waals surface area contributed by atoms with Crippen LogP contribution < -0.4 is 4.90 Å². The maximum atomic E-state index is 12.0. The molecule has 1 unspecified atom stereocenters. The molecule has 102 valence electrons. The normalized spacial score (nSPS) is 18.9. The fraction of sp³-hybridized carbons (Fsp3) is 0.385. The first kappa shape index (κ1) is 14.2. The van der Waals surface area contributed by atoms with Crippen molar-refractivity contribution in [1.29, 1.82) is 0 Å². The second-order valence-electron chi connectivity index (χ2n) is 4.51. The highest BCUT2D eigenvalue weighted by atomic mass is 35.5. The van der Waals surface area contributed by atoms with Crippen molar-refractivity contribution in [1.82, 2.24) is 0 Å². The number of phenols is 1. The number of nitrogens with zero attached hydrogens (tertiary/aromatic N) is 1. The highest BCUT2D eigenvalue weighted by Gasteiger charge is 2.30. The average molecular weight is 300 g/mol. The maximum absolute atomic E-state index is 12.0. The van der Waals surface area contributed by atoms with E-state index in [9.17, 15) is 14.7 Å². The molecule has 4 nitrogen and oxygen atoms in total. The standard InChI is InChI=1S/C13H14ClNO3S/c1-8(16)19-7-9-4-13(18)15(6-9)10-2-3-12(17)11(14)5-10/h2-3,5,9,17H,4,6-7H2,1H3. The van der Waals surface area contributed by atoms with Gasteiger partial charge in [-0.25, -0.2) is 0 Å². The molecule has 0 radical (unpaired) electrons. The molecule has 1 saturated heterocycles. The minimum Gasteiger partial charge on any atom is -0.506 e. The number of carbonyl (C=O) groups is 2. The van der Waals surface area contributed by atoms with Crippen LogP contribution in [0.25, 0.3) is 0 Å². The lowest BCUT2D eigenvalue weighted by atomic mass is 10.1. The van der Waals surface area contributed by atoms with E-state index in [1.807, 2.05) is 0 Å². The van der Waals surface area contributed by atoms with E-state index >= 15 is 0 Å². The molecule has 0 saturated carbocycles. The third kappa shape index (κ3) is 3.42. The fourth-order valence-electron chi connectivity index (χ4n) is 2.04. The van der Waals surface area contributed by atoms with Crippen molar-refractivity contribution in [2.24, 2.45) is 5.92 Å². The molecule has 1 fully saturated rings. The number of thioether (sulfide) groups is 1. The molecule has 0 aliphatic carbocycles. The zero-order chi connectivity index (χ0) is 14.0. The minimum absolute atomic E-state index is 0.000692. The summed E-state index contributed by atoms with van der Waals surface area (Å²) in [6, 6.07) is 4.72. The van der Waals surface area contributed by atoms with Crippen LogP contribution in [0.3, 0.4) is 0 Å². The van der Waals surface area contributed by atoms with Crippen LogP contribution in [0, 0.1) is 5.92 Å². The first-order valence-electron chi connectivity index (χ1n) is 5.89. The van der Waals surface area contributed by atoms with Crippen LogP contribution in [-0.4, -0.2) is 28.4 Å². The van der Waals surface area contributed by atoms with Gasteiger partial charge in [-0.1, -0.05) is 23.4 Å². The maximum Gasteiger partial charge on any atom is 0.227 e. The lowest BCUT2D eigenvalue weighted by Crippen LogP contribution is -2.24. The van der Waals surface area contributed by atoms with Gasteiger partial charge in [-0.15, -0.1) is 0 Å². The van der Waals surface area contributed by atoms with Gasteiger partial charge in [0.15, 0.2) is 5.12 Å². The molecule has 1 amide bonds.